The Labute approximate surface area is 395 Å². The van der Waals surface area contributed by atoms with Crippen molar-refractivity contribution in [3.63, 3.8) is 0 Å². The summed E-state index contributed by atoms with van der Waals surface area (Å²) in [6, 6.07) is 0. The van der Waals surface area contributed by atoms with Crippen LogP contribution in [-0.2, 0) is 28.6 Å². The van der Waals surface area contributed by atoms with E-state index in [0.29, 0.717) is 19.3 Å². The van der Waals surface area contributed by atoms with E-state index in [1.165, 1.54) is 89.9 Å². The molecule has 1 atom stereocenters. The monoisotopic (exact) mass is 891 g/mol. The van der Waals surface area contributed by atoms with Crippen molar-refractivity contribution in [3.8, 4) is 0 Å². The standard InChI is InChI=1S/C58H98O6/c1-4-7-10-13-16-19-22-25-27-28-29-30-31-34-36-39-42-45-48-51-57(60)63-54-55(53-62-56(59)50-47-44-41-38-35-32-24-21-18-15-12-9-6-3)64-58(61)52-49-46-43-40-37-33-26-23-20-17-14-11-8-5-2/h7,10,16,19,21,23-27,29-30,34,36,55H,4-6,8-9,11-15,17-18,20,22,28,31-33,35,37-54H2,1-3H3/b10-7+,19-16+,24-21+,26-23+,27-25+,30-29+,36-34+/t55-/m1/s1. The van der Waals surface area contributed by atoms with Gasteiger partial charge in [0.1, 0.15) is 13.2 Å². The quantitative estimate of drug-likeness (QED) is 0.0262. The molecule has 0 unspecified atom stereocenters. The molecule has 0 aliphatic heterocycles. The smallest absolute Gasteiger partial charge is 0.306 e. The van der Waals surface area contributed by atoms with Gasteiger partial charge in [0.25, 0.3) is 0 Å². The zero-order valence-corrected chi connectivity index (χ0v) is 41.8. The number of unbranched alkanes of at least 4 members (excludes halogenated alkanes) is 22. The molecule has 0 heterocycles. The summed E-state index contributed by atoms with van der Waals surface area (Å²) < 4.78 is 16.8. The molecule has 64 heavy (non-hydrogen) atoms. The summed E-state index contributed by atoms with van der Waals surface area (Å²) in [5, 5.41) is 0. The van der Waals surface area contributed by atoms with Gasteiger partial charge in [-0.25, -0.2) is 0 Å². The number of allylic oxidation sites excluding steroid dienone is 14. The molecule has 0 rings (SSSR count). The van der Waals surface area contributed by atoms with Crippen LogP contribution in [0.4, 0.5) is 0 Å². The highest BCUT2D eigenvalue weighted by Crippen LogP contribution is 2.13. The van der Waals surface area contributed by atoms with Crippen molar-refractivity contribution in [2.75, 3.05) is 13.2 Å². The molecule has 0 aliphatic carbocycles. The number of carbonyl (C=O) groups is 3. The van der Waals surface area contributed by atoms with Gasteiger partial charge in [0, 0.05) is 19.3 Å². The van der Waals surface area contributed by atoms with Crippen molar-refractivity contribution >= 4 is 17.9 Å². The molecule has 0 aliphatic rings. The Balaban J connectivity index is 4.46. The second kappa shape index (κ2) is 52.2. The van der Waals surface area contributed by atoms with Crippen molar-refractivity contribution in [2.24, 2.45) is 0 Å². The minimum Gasteiger partial charge on any atom is -0.462 e. The number of ether oxygens (including phenoxy) is 3. The van der Waals surface area contributed by atoms with Crippen molar-refractivity contribution in [1.82, 2.24) is 0 Å². The molecular weight excluding hydrogens is 793 g/mol. The van der Waals surface area contributed by atoms with Gasteiger partial charge in [-0.15, -0.1) is 0 Å². The molecule has 0 aromatic rings. The maximum atomic E-state index is 12.8. The first kappa shape index (κ1) is 60.6. The summed E-state index contributed by atoms with van der Waals surface area (Å²) in [6.07, 6.45) is 67.0. The van der Waals surface area contributed by atoms with Crippen LogP contribution >= 0.6 is 0 Å². The van der Waals surface area contributed by atoms with E-state index in [2.05, 4.69) is 106 Å². The van der Waals surface area contributed by atoms with Crippen LogP contribution in [0, 0.1) is 0 Å². The normalized spacial score (nSPS) is 12.7. The Kier molecular flexibility index (Phi) is 49.4. The number of hydrogen-bond donors (Lipinski definition) is 0. The zero-order chi connectivity index (χ0) is 46.5. The largest absolute Gasteiger partial charge is 0.462 e. The van der Waals surface area contributed by atoms with E-state index in [4.69, 9.17) is 14.2 Å². The van der Waals surface area contributed by atoms with Crippen molar-refractivity contribution < 1.29 is 28.6 Å². The van der Waals surface area contributed by atoms with Crippen LogP contribution in [-0.4, -0.2) is 37.2 Å². The third kappa shape index (κ3) is 49.6. The van der Waals surface area contributed by atoms with Crippen molar-refractivity contribution in [2.45, 2.75) is 252 Å². The first-order chi connectivity index (χ1) is 31.5. The van der Waals surface area contributed by atoms with Gasteiger partial charge < -0.3 is 14.2 Å². The Hall–Kier alpha value is -3.41. The van der Waals surface area contributed by atoms with Gasteiger partial charge in [-0.05, 0) is 116 Å². The topological polar surface area (TPSA) is 78.9 Å². The molecular formula is C58H98O6. The number of hydrogen-bond acceptors (Lipinski definition) is 6. The fraction of sp³-hybridized carbons (Fsp3) is 0.707. The van der Waals surface area contributed by atoms with E-state index in [0.717, 1.165) is 116 Å². The van der Waals surface area contributed by atoms with Gasteiger partial charge in [0.15, 0.2) is 6.10 Å². The van der Waals surface area contributed by atoms with Crippen LogP contribution in [0.15, 0.2) is 85.1 Å². The van der Waals surface area contributed by atoms with Gasteiger partial charge in [-0.3, -0.25) is 14.4 Å². The third-order valence-corrected chi connectivity index (χ3v) is 11.1. The minimum absolute atomic E-state index is 0.0951. The average Bonchev–Trinajstić information content (AvgIpc) is 3.29. The summed E-state index contributed by atoms with van der Waals surface area (Å²) in [5.74, 6) is -0.945. The summed E-state index contributed by atoms with van der Waals surface area (Å²) in [5.41, 5.74) is 0. The molecule has 0 aromatic carbocycles. The van der Waals surface area contributed by atoms with Crippen LogP contribution in [0.3, 0.4) is 0 Å². The number of carbonyl (C=O) groups excluding carboxylic acids is 3. The van der Waals surface area contributed by atoms with E-state index < -0.39 is 6.10 Å². The summed E-state index contributed by atoms with van der Waals surface area (Å²) in [6.45, 7) is 6.45. The first-order valence-electron chi connectivity index (χ1n) is 26.6. The van der Waals surface area contributed by atoms with Crippen LogP contribution in [0.2, 0.25) is 0 Å². The lowest BCUT2D eigenvalue weighted by atomic mass is 10.1. The van der Waals surface area contributed by atoms with E-state index in [9.17, 15) is 14.4 Å². The van der Waals surface area contributed by atoms with Gasteiger partial charge >= 0.3 is 17.9 Å². The molecule has 6 nitrogen and oxygen atoms in total. The highest BCUT2D eigenvalue weighted by atomic mass is 16.6. The molecule has 0 saturated carbocycles. The number of rotatable bonds is 47. The number of esters is 3. The van der Waals surface area contributed by atoms with Crippen LogP contribution in [0.25, 0.3) is 0 Å². The molecule has 366 valence electrons. The van der Waals surface area contributed by atoms with Crippen molar-refractivity contribution in [3.05, 3.63) is 85.1 Å². The highest BCUT2D eigenvalue weighted by molar-refractivity contribution is 5.71. The van der Waals surface area contributed by atoms with E-state index >= 15 is 0 Å². The fourth-order valence-corrected chi connectivity index (χ4v) is 7.10. The van der Waals surface area contributed by atoms with E-state index in [-0.39, 0.29) is 31.1 Å². The molecule has 0 bridgehead atoms. The van der Waals surface area contributed by atoms with E-state index in [1.807, 2.05) is 0 Å². The lowest BCUT2D eigenvalue weighted by Gasteiger charge is -2.18. The summed E-state index contributed by atoms with van der Waals surface area (Å²) in [7, 11) is 0. The molecule has 0 radical (unpaired) electrons. The molecule has 6 heteroatoms. The Bertz CT molecular complexity index is 1250. The second-order valence-electron chi connectivity index (χ2n) is 17.4. The maximum absolute atomic E-state index is 12.8. The van der Waals surface area contributed by atoms with Crippen LogP contribution in [0.5, 0.6) is 0 Å². The Morgan fingerprint density at radius 2 is 0.609 bits per heavy atom. The van der Waals surface area contributed by atoms with Gasteiger partial charge in [-0.2, -0.15) is 0 Å². The third-order valence-electron chi connectivity index (χ3n) is 11.1. The van der Waals surface area contributed by atoms with Gasteiger partial charge in [0.05, 0.1) is 0 Å². The SMILES string of the molecule is CC/C=C/C/C=C/C/C=C/C/C=C/C/C=C/CCCCCC(=O)OC[C@@H](COC(=O)CCCCCCC/C=C/CCCCCC)OC(=O)CCCCCCC/C=C/CCCCCCC. The lowest BCUT2D eigenvalue weighted by Crippen LogP contribution is -2.30. The maximum Gasteiger partial charge on any atom is 0.306 e. The lowest BCUT2D eigenvalue weighted by molar-refractivity contribution is -0.167. The van der Waals surface area contributed by atoms with Gasteiger partial charge in [0.2, 0.25) is 0 Å². The van der Waals surface area contributed by atoms with Crippen molar-refractivity contribution in [1.29, 1.82) is 0 Å². The summed E-state index contributed by atoms with van der Waals surface area (Å²) in [4.78, 5) is 38.0. The predicted octanol–water partition coefficient (Wildman–Crippen LogP) is 17.6. The molecule has 0 spiro atoms. The van der Waals surface area contributed by atoms with Crippen LogP contribution < -0.4 is 0 Å². The molecule has 0 aromatic heterocycles. The molecule has 0 saturated heterocycles. The second-order valence-corrected chi connectivity index (χ2v) is 17.4. The highest BCUT2D eigenvalue weighted by Gasteiger charge is 2.19. The zero-order valence-electron chi connectivity index (χ0n) is 41.8. The average molecular weight is 891 g/mol. The summed E-state index contributed by atoms with van der Waals surface area (Å²) >= 11 is 0. The molecule has 0 fully saturated rings. The van der Waals surface area contributed by atoms with Gasteiger partial charge in [-0.1, -0.05) is 196 Å². The van der Waals surface area contributed by atoms with E-state index in [1.54, 1.807) is 0 Å². The Morgan fingerprint density at radius 3 is 1.00 bits per heavy atom. The van der Waals surface area contributed by atoms with Crippen LogP contribution in [0.1, 0.15) is 245 Å². The first-order valence-corrected chi connectivity index (χ1v) is 26.6. The molecule has 0 N–H and O–H groups in total. The fourth-order valence-electron chi connectivity index (χ4n) is 7.10. The molecule has 0 amide bonds. The Morgan fingerprint density at radius 1 is 0.328 bits per heavy atom. The predicted molar refractivity (Wildman–Crippen MR) is 274 cm³/mol. The minimum atomic E-state index is -0.797.